The minimum Gasteiger partial charge on any atom is -0.443 e. The lowest BCUT2D eigenvalue weighted by Gasteiger charge is -2.10. The van der Waals surface area contributed by atoms with Crippen molar-refractivity contribution < 1.29 is 9.21 Å². The Balaban J connectivity index is 1.95. The number of hydrogen-bond donors (Lipinski definition) is 2. The minimum absolute atomic E-state index is 0.0260. The molecule has 1 heterocycles. The van der Waals surface area contributed by atoms with Gasteiger partial charge in [-0.15, -0.1) is 0 Å². The van der Waals surface area contributed by atoms with E-state index in [1.807, 2.05) is 25.1 Å². The van der Waals surface area contributed by atoms with Crippen molar-refractivity contribution in [3.63, 3.8) is 0 Å². The van der Waals surface area contributed by atoms with E-state index >= 15 is 0 Å². The number of nitrogens with two attached hydrogens (primary N) is 1. The van der Waals surface area contributed by atoms with E-state index < -0.39 is 0 Å². The molecule has 1 aromatic heterocycles. The molecular weight excluding hydrogens is 230 g/mol. The molecule has 0 saturated heterocycles. The zero-order valence-corrected chi connectivity index (χ0v) is 10.3. The fraction of sp³-hybridized carbons (Fsp3) is 0.385. The molecule has 0 bridgehead atoms. The molecule has 0 aliphatic carbocycles. The molecule has 2 aromatic rings. The van der Waals surface area contributed by atoms with Gasteiger partial charge in [-0.2, -0.15) is 0 Å². The van der Waals surface area contributed by atoms with Gasteiger partial charge in [0.25, 0.3) is 0 Å². The van der Waals surface area contributed by atoms with Crippen molar-refractivity contribution in [1.82, 2.24) is 10.3 Å². The third kappa shape index (κ3) is 2.87. The van der Waals surface area contributed by atoms with Gasteiger partial charge in [0.1, 0.15) is 5.52 Å². The van der Waals surface area contributed by atoms with Gasteiger partial charge in [0.05, 0.1) is 0 Å². The van der Waals surface area contributed by atoms with Crippen LogP contribution in [-0.2, 0) is 11.3 Å². The monoisotopic (exact) mass is 247 g/mol. The highest BCUT2D eigenvalue weighted by molar-refractivity contribution is 5.78. The lowest BCUT2D eigenvalue weighted by Crippen LogP contribution is -2.29. The van der Waals surface area contributed by atoms with E-state index in [0.29, 0.717) is 19.5 Å². The first-order chi connectivity index (χ1) is 8.70. The van der Waals surface area contributed by atoms with Gasteiger partial charge in [0, 0.05) is 12.5 Å². The Morgan fingerprint density at radius 1 is 1.56 bits per heavy atom. The van der Waals surface area contributed by atoms with Crippen LogP contribution in [0.4, 0.5) is 0 Å². The molecule has 18 heavy (non-hydrogen) atoms. The third-order valence-corrected chi connectivity index (χ3v) is 2.91. The Morgan fingerprint density at radius 3 is 3.17 bits per heavy atom. The fourth-order valence-corrected chi connectivity index (χ4v) is 1.75. The summed E-state index contributed by atoms with van der Waals surface area (Å²) in [7, 11) is 0. The van der Waals surface area contributed by atoms with Crippen molar-refractivity contribution in [3.8, 4) is 0 Å². The van der Waals surface area contributed by atoms with Crippen LogP contribution in [0.15, 0.2) is 29.0 Å². The van der Waals surface area contributed by atoms with Crippen molar-refractivity contribution in [2.75, 3.05) is 6.54 Å². The van der Waals surface area contributed by atoms with E-state index in [1.54, 1.807) is 0 Å². The van der Waals surface area contributed by atoms with Crippen LogP contribution in [0, 0.1) is 5.92 Å². The van der Waals surface area contributed by atoms with Crippen LogP contribution in [0.3, 0.4) is 0 Å². The first kappa shape index (κ1) is 12.6. The molecule has 96 valence electrons. The molecule has 0 fully saturated rings. The third-order valence-electron chi connectivity index (χ3n) is 2.91. The lowest BCUT2D eigenvalue weighted by molar-refractivity contribution is -0.124. The van der Waals surface area contributed by atoms with Crippen molar-refractivity contribution in [3.05, 3.63) is 30.2 Å². The molecule has 5 nitrogen and oxygen atoms in total. The number of hydrogen-bond acceptors (Lipinski definition) is 4. The minimum atomic E-state index is -0.0518. The topological polar surface area (TPSA) is 81.2 Å². The molecule has 0 spiro atoms. The summed E-state index contributed by atoms with van der Waals surface area (Å²) < 4.78 is 5.21. The first-order valence-corrected chi connectivity index (χ1v) is 6.00. The summed E-state index contributed by atoms with van der Waals surface area (Å²) in [6.07, 6.45) is 2.11. The Kier molecular flexibility index (Phi) is 3.94. The summed E-state index contributed by atoms with van der Waals surface area (Å²) in [5, 5.41) is 2.88. The van der Waals surface area contributed by atoms with Crippen LogP contribution in [0.2, 0.25) is 0 Å². The molecular formula is C13H17N3O2. The van der Waals surface area contributed by atoms with Crippen molar-refractivity contribution >= 4 is 17.0 Å². The predicted molar refractivity (Wildman–Crippen MR) is 68.7 cm³/mol. The SMILES string of the molecule is CC(CCN)C(=O)NCc1ccc2ncoc2c1. The number of nitrogens with one attached hydrogen (secondary N) is 1. The van der Waals surface area contributed by atoms with Crippen LogP contribution in [-0.4, -0.2) is 17.4 Å². The van der Waals surface area contributed by atoms with Crippen LogP contribution in [0.1, 0.15) is 18.9 Å². The van der Waals surface area contributed by atoms with E-state index in [0.717, 1.165) is 16.7 Å². The lowest BCUT2D eigenvalue weighted by atomic mass is 10.1. The molecule has 0 aliphatic heterocycles. The molecule has 1 aromatic carbocycles. The number of nitrogens with zero attached hydrogens (tertiary/aromatic N) is 1. The van der Waals surface area contributed by atoms with Crippen LogP contribution in [0.5, 0.6) is 0 Å². The maximum Gasteiger partial charge on any atom is 0.223 e. The summed E-state index contributed by atoms with van der Waals surface area (Å²) in [6.45, 7) is 2.89. The first-order valence-electron chi connectivity index (χ1n) is 6.00. The van der Waals surface area contributed by atoms with Gasteiger partial charge >= 0.3 is 0 Å². The summed E-state index contributed by atoms with van der Waals surface area (Å²) in [5.74, 6) is -0.0258. The Bertz CT molecular complexity index is 536. The average Bonchev–Trinajstić information content (AvgIpc) is 2.83. The summed E-state index contributed by atoms with van der Waals surface area (Å²) in [5.41, 5.74) is 7.97. The van der Waals surface area contributed by atoms with E-state index in [-0.39, 0.29) is 11.8 Å². The highest BCUT2D eigenvalue weighted by Gasteiger charge is 2.11. The van der Waals surface area contributed by atoms with Gasteiger partial charge in [0.15, 0.2) is 12.0 Å². The number of amides is 1. The summed E-state index contributed by atoms with van der Waals surface area (Å²) in [4.78, 5) is 15.8. The molecule has 0 saturated carbocycles. The highest BCUT2D eigenvalue weighted by Crippen LogP contribution is 2.14. The molecule has 1 unspecified atom stereocenters. The van der Waals surface area contributed by atoms with Gasteiger partial charge in [-0.1, -0.05) is 13.0 Å². The average molecular weight is 247 g/mol. The number of aromatic nitrogens is 1. The Labute approximate surface area is 105 Å². The molecule has 5 heteroatoms. The zero-order chi connectivity index (χ0) is 13.0. The fourth-order valence-electron chi connectivity index (χ4n) is 1.75. The number of oxazole rings is 1. The van der Waals surface area contributed by atoms with E-state index in [2.05, 4.69) is 10.3 Å². The highest BCUT2D eigenvalue weighted by atomic mass is 16.3. The summed E-state index contributed by atoms with van der Waals surface area (Å²) in [6, 6.07) is 5.69. The van der Waals surface area contributed by atoms with Crippen LogP contribution in [0.25, 0.3) is 11.1 Å². The number of rotatable bonds is 5. The van der Waals surface area contributed by atoms with Gasteiger partial charge in [0.2, 0.25) is 5.91 Å². The van der Waals surface area contributed by atoms with E-state index in [4.69, 9.17) is 10.2 Å². The number of carbonyl (C=O) groups excluding carboxylic acids is 1. The van der Waals surface area contributed by atoms with Crippen LogP contribution < -0.4 is 11.1 Å². The summed E-state index contributed by atoms with van der Waals surface area (Å²) >= 11 is 0. The van der Waals surface area contributed by atoms with Crippen LogP contribution >= 0.6 is 0 Å². The Hall–Kier alpha value is -1.88. The van der Waals surface area contributed by atoms with Gasteiger partial charge in [-0.25, -0.2) is 4.98 Å². The maximum absolute atomic E-state index is 11.7. The van der Waals surface area contributed by atoms with Crippen molar-refractivity contribution in [2.24, 2.45) is 11.7 Å². The molecule has 3 N–H and O–H groups in total. The molecule has 0 radical (unpaired) electrons. The maximum atomic E-state index is 11.7. The van der Waals surface area contributed by atoms with Gasteiger partial charge in [-0.05, 0) is 30.7 Å². The largest absolute Gasteiger partial charge is 0.443 e. The van der Waals surface area contributed by atoms with E-state index in [1.165, 1.54) is 6.39 Å². The molecule has 1 amide bonds. The zero-order valence-electron chi connectivity index (χ0n) is 10.3. The number of benzene rings is 1. The second-order valence-electron chi connectivity index (χ2n) is 4.35. The van der Waals surface area contributed by atoms with Crippen molar-refractivity contribution in [1.29, 1.82) is 0 Å². The second-order valence-corrected chi connectivity index (χ2v) is 4.35. The smallest absolute Gasteiger partial charge is 0.223 e. The standard InChI is InChI=1S/C13H17N3O2/c1-9(4-5-14)13(17)15-7-10-2-3-11-12(6-10)18-8-16-11/h2-3,6,8-9H,4-5,7,14H2,1H3,(H,15,17). The predicted octanol–water partition coefficient (Wildman–Crippen LogP) is 1.43. The second kappa shape index (κ2) is 5.64. The quantitative estimate of drug-likeness (QED) is 0.837. The van der Waals surface area contributed by atoms with Gasteiger partial charge < -0.3 is 15.5 Å². The van der Waals surface area contributed by atoms with Crippen molar-refractivity contribution in [2.45, 2.75) is 19.9 Å². The normalized spacial score (nSPS) is 12.6. The molecule has 0 aliphatic rings. The Morgan fingerprint density at radius 2 is 2.39 bits per heavy atom. The van der Waals surface area contributed by atoms with E-state index in [9.17, 15) is 4.79 Å². The number of fused-ring (bicyclic) bond motifs is 1. The molecule has 2 rings (SSSR count). The molecule has 1 atom stereocenters. The van der Waals surface area contributed by atoms with Gasteiger partial charge in [-0.3, -0.25) is 4.79 Å². The number of carbonyl (C=O) groups is 1.